The van der Waals surface area contributed by atoms with Crippen molar-refractivity contribution in [2.75, 3.05) is 5.43 Å². The highest BCUT2D eigenvalue weighted by Gasteiger charge is 2.03. The van der Waals surface area contributed by atoms with Gasteiger partial charge in [0.1, 0.15) is 5.82 Å². The summed E-state index contributed by atoms with van der Waals surface area (Å²) >= 11 is 0. The molecule has 14 heavy (non-hydrogen) atoms. The molecule has 0 saturated heterocycles. The lowest BCUT2D eigenvalue weighted by Gasteiger charge is -2.04. The van der Waals surface area contributed by atoms with Gasteiger partial charge in [-0.1, -0.05) is 0 Å². The average Bonchev–Trinajstić information content (AvgIpc) is 2.16. The molecule has 0 amide bonds. The Morgan fingerprint density at radius 1 is 1.29 bits per heavy atom. The molecule has 2 aromatic rings. The number of nitrogens with two attached hydrogens (primary N) is 1. The van der Waals surface area contributed by atoms with Crippen molar-refractivity contribution >= 4 is 16.9 Å². The molecule has 0 saturated carbocycles. The predicted octanol–water partition coefficient (Wildman–Crippen LogP) is 1.36. The number of nitrogen functional groups attached to an aromatic ring is 1. The zero-order chi connectivity index (χ0) is 10.1. The van der Waals surface area contributed by atoms with E-state index in [0.29, 0.717) is 22.5 Å². The maximum Gasteiger partial charge on any atom is 0.162 e. The maximum absolute atomic E-state index is 12.8. The first-order valence-corrected chi connectivity index (χ1v) is 4.11. The van der Waals surface area contributed by atoms with Crippen molar-refractivity contribution in [3.8, 4) is 0 Å². The monoisotopic (exact) mass is 192 g/mol. The third-order valence-electron chi connectivity index (χ3n) is 1.94. The van der Waals surface area contributed by atoms with Gasteiger partial charge in [-0.15, -0.1) is 0 Å². The van der Waals surface area contributed by atoms with E-state index in [2.05, 4.69) is 15.4 Å². The van der Waals surface area contributed by atoms with Gasteiger partial charge < -0.3 is 5.43 Å². The molecule has 72 valence electrons. The minimum absolute atomic E-state index is 0.320. The van der Waals surface area contributed by atoms with Gasteiger partial charge in [-0.3, -0.25) is 0 Å². The lowest BCUT2D eigenvalue weighted by atomic mass is 10.3. The standard InChI is InChI=1S/C9H9FN4/c1-5-9(14-11)13-7-3-2-6(10)4-8(7)12-5/h2-4H,11H2,1H3,(H,13,14). The normalized spacial score (nSPS) is 10.5. The van der Waals surface area contributed by atoms with E-state index in [0.717, 1.165) is 0 Å². The quantitative estimate of drug-likeness (QED) is 0.529. The third kappa shape index (κ3) is 1.38. The fourth-order valence-corrected chi connectivity index (χ4v) is 1.25. The summed E-state index contributed by atoms with van der Waals surface area (Å²) in [7, 11) is 0. The maximum atomic E-state index is 12.8. The van der Waals surface area contributed by atoms with E-state index in [1.54, 1.807) is 13.0 Å². The van der Waals surface area contributed by atoms with Crippen LogP contribution in [0.2, 0.25) is 0 Å². The molecule has 0 fully saturated rings. The Kier molecular flexibility index (Phi) is 2.01. The van der Waals surface area contributed by atoms with Crippen molar-refractivity contribution in [1.29, 1.82) is 0 Å². The number of hydrazine groups is 1. The fraction of sp³-hybridized carbons (Fsp3) is 0.111. The highest BCUT2D eigenvalue weighted by atomic mass is 19.1. The molecule has 0 aliphatic carbocycles. The molecule has 0 spiro atoms. The molecule has 1 aromatic carbocycles. The third-order valence-corrected chi connectivity index (χ3v) is 1.94. The summed E-state index contributed by atoms with van der Waals surface area (Å²) < 4.78 is 12.8. The number of halogens is 1. The van der Waals surface area contributed by atoms with Gasteiger partial charge in [-0.05, 0) is 19.1 Å². The smallest absolute Gasteiger partial charge is 0.162 e. The molecule has 5 heteroatoms. The van der Waals surface area contributed by atoms with E-state index in [1.807, 2.05) is 0 Å². The Balaban J connectivity index is 2.73. The van der Waals surface area contributed by atoms with E-state index >= 15 is 0 Å². The minimum Gasteiger partial charge on any atom is -0.307 e. The number of rotatable bonds is 1. The number of aryl methyl sites for hydroxylation is 1. The van der Waals surface area contributed by atoms with Crippen LogP contribution in [0.4, 0.5) is 10.2 Å². The molecule has 1 heterocycles. The highest BCUT2D eigenvalue weighted by Crippen LogP contribution is 2.16. The molecule has 0 bridgehead atoms. The van der Waals surface area contributed by atoms with Crippen molar-refractivity contribution in [3.63, 3.8) is 0 Å². The van der Waals surface area contributed by atoms with Gasteiger partial charge in [0.2, 0.25) is 0 Å². The van der Waals surface area contributed by atoms with Crippen LogP contribution >= 0.6 is 0 Å². The Bertz CT molecular complexity index is 483. The summed E-state index contributed by atoms with van der Waals surface area (Å²) in [6.07, 6.45) is 0. The summed E-state index contributed by atoms with van der Waals surface area (Å²) in [5, 5.41) is 0. The lowest BCUT2D eigenvalue weighted by Crippen LogP contribution is -2.11. The van der Waals surface area contributed by atoms with Gasteiger partial charge in [-0.25, -0.2) is 20.2 Å². The number of hydrogen-bond acceptors (Lipinski definition) is 4. The number of anilines is 1. The second-order valence-corrected chi connectivity index (χ2v) is 2.93. The summed E-state index contributed by atoms with van der Waals surface area (Å²) in [6, 6.07) is 4.25. The van der Waals surface area contributed by atoms with Crippen LogP contribution in [0, 0.1) is 12.7 Å². The first-order valence-electron chi connectivity index (χ1n) is 4.11. The van der Waals surface area contributed by atoms with Crippen LogP contribution < -0.4 is 11.3 Å². The molecule has 1 aromatic heterocycles. The zero-order valence-electron chi connectivity index (χ0n) is 7.58. The van der Waals surface area contributed by atoms with E-state index in [-0.39, 0.29) is 5.82 Å². The Morgan fingerprint density at radius 3 is 2.79 bits per heavy atom. The van der Waals surface area contributed by atoms with E-state index in [4.69, 9.17) is 5.84 Å². The van der Waals surface area contributed by atoms with Crippen molar-refractivity contribution in [2.24, 2.45) is 5.84 Å². The van der Waals surface area contributed by atoms with Crippen LogP contribution in [0.1, 0.15) is 5.69 Å². The topological polar surface area (TPSA) is 63.8 Å². The molecule has 4 nitrogen and oxygen atoms in total. The first kappa shape index (κ1) is 8.83. The van der Waals surface area contributed by atoms with Gasteiger partial charge in [0.05, 0.1) is 16.7 Å². The Hall–Kier alpha value is -1.75. The molecular formula is C9H9FN4. The lowest BCUT2D eigenvalue weighted by molar-refractivity contribution is 0.629. The van der Waals surface area contributed by atoms with Gasteiger partial charge in [0.15, 0.2) is 5.82 Å². The van der Waals surface area contributed by atoms with Gasteiger partial charge in [0, 0.05) is 6.07 Å². The summed E-state index contributed by atoms with van der Waals surface area (Å²) in [6.45, 7) is 1.76. The van der Waals surface area contributed by atoms with E-state index in [9.17, 15) is 4.39 Å². The minimum atomic E-state index is -0.320. The highest BCUT2D eigenvalue weighted by molar-refractivity contribution is 5.76. The van der Waals surface area contributed by atoms with Crippen LogP contribution in [0.25, 0.3) is 11.0 Å². The molecule has 2 rings (SSSR count). The van der Waals surface area contributed by atoms with Crippen LogP contribution in [0.5, 0.6) is 0 Å². The number of hydrogen-bond donors (Lipinski definition) is 2. The van der Waals surface area contributed by atoms with Crippen LogP contribution in [0.3, 0.4) is 0 Å². The molecule has 3 N–H and O–H groups in total. The number of aromatic nitrogens is 2. The largest absolute Gasteiger partial charge is 0.307 e. The fourth-order valence-electron chi connectivity index (χ4n) is 1.25. The van der Waals surface area contributed by atoms with Gasteiger partial charge in [0.25, 0.3) is 0 Å². The average molecular weight is 192 g/mol. The van der Waals surface area contributed by atoms with Crippen LogP contribution in [-0.2, 0) is 0 Å². The van der Waals surface area contributed by atoms with Crippen molar-refractivity contribution in [2.45, 2.75) is 6.92 Å². The summed E-state index contributed by atoms with van der Waals surface area (Å²) in [5.41, 5.74) is 4.22. The number of fused-ring (bicyclic) bond motifs is 1. The van der Waals surface area contributed by atoms with E-state index < -0.39 is 0 Å². The van der Waals surface area contributed by atoms with Crippen molar-refractivity contribution in [3.05, 3.63) is 29.7 Å². The number of nitrogens with zero attached hydrogens (tertiary/aromatic N) is 2. The molecular weight excluding hydrogens is 183 g/mol. The predicted molar refractivity (Wildman–Crippen MR) is 52.0 cm³/mol. The summed E-state index contributed by atoms with van der Waals surface area (Å²) in [5.74, 6) is 5.43. The Labute approximate surface area is 79.9 Å². The molecule has 0 unspecified atom stereocenters. The molecule has 0 aliphatic heterocycles. The molecule has 0 radical (unpaired) electrons. The number of nitrogens with one attached hydrogen (secondary N) is 1. The SMILES string of the molecule is Cc1nc2cc(F)ccc2nc1NN. The second kappa shape index (κ2) is 3.19. The van der Waals surface area contributed by atoms with Crippen LogP contribution in [-0.4, -0.2) is 9.97 Å². The van der Waals surface area contributed by atoms with E-state index in [1.165, 1.54) is 12.1 Å². The van der Waals surface area contributed by atoms with Crippen molar-refractivity contribution < 1.29 is 4.39 Å². The van der Waals surface area contributed by atoms with Crippen molar-refractivity contribution in [1.82, 2.24) is 9.97 Å². The second-order valence-electron chi connectivity index (χ2n) is 2.93. The van der Waals surface area contributed by atoms with Gasteiger partial charge >= 0.3 is 0 Å². The number of benzene rings is 1. The zero-order valence-corrected chi connectivity index (χ0v) is 7.58. The van der Waals surface area contributed by atoms with Gasteiger partial charge in [-0.2, -0.15) is 0 Å². The first-order chi connectivity index (χ1) is 6.70. The van der Waals surface area contributed by atoms with Crippen LogP contribution in [0.15, 0.2) is 18.2 Å². The Morgan fingerprint density at radius 2 is 2.07 bits per heavy atom. The molecule has 0 aliphatic rings. The summed E-state index contributed by atoms with van der Waals surface area (Å²) in [4.78, 5) is 8.33. The molecule has 0 atom stereocenters.